The van der Waals surface area contributed by atoms with Crippen LogP contribution in [0.3, 0.4) is 0 Å². The SMILES string of the molecule is CNCN(C)c1cn(C)c2ccccc12. The Balaban J connectivity index is 2.52. The van der Waals surface area contributed by atoms with Crippen molar-refractivity contribution < 1.29 is 0 Å². The van der Waals surface area contributed by atoms with E-state index in [1.165, 1.54) is 16.6 Å². The number of aromatic nitrogens is 1. The number of benzene rings is 1. The van der Waals surface area contributed by atoms with Crippen molar-refractivity contribution in [2.75, 3.05) is 25.7 Å². The zero-order chi connectivity index (χ0) is 10.8. The first-order valence-corrected chi connectivity index (χ1v) is 5.14. The number of nitrogens with zero attached hydrogens (tertiary/aromatic N) is 2. The predicted octanol–water partition coefficient (Wildman–Crippen LogP) is 1.79. The highest BCUT2D eigenvalue weighted by Crippen LogP contribution is 2.26. The Morgan fingerprint density at radius 3 is 2.80 bits per heavy atom. The summed E-state index contributed by atoms with van der Waals surface area (Å²) in [5.74, 6) is 0. The summed E-state index contributed by atoms with van der Waals surface area (Å²) < 4.78 is 2.16. The molecule has 0 fully saturated rings. The fourth-order valence-electron chi connectivity index (χ4n) is 1.95. The first kappa shape index (κ1) is 10.1. The molecule has 0 amide bonds. The maximum atomic E-state index is 3.16. The van der Waals surface area contributed by atoms with Gasteiger partial charge in [-0.2, -0.15) is 0 Å². The summed E-state index contributed by atoms with van der Waals surface area (Å²) in [5.41, 5.74) is 2.54. The Kier molecular flexibility index (Phi) is 2.64. The number of anilines is 1. The van der Waals surface area contributed by atoms with Crippen LogP contribution >= 0.6 is 0 Å². The second-order valence-electron chi connectivity index (χ2n) is 3.85. The molecule has 15 heavy (non-hydrogen) atoms. The molecule has 0 saturated carbocycles. The van der Waals surface area contributed by atoms with Crippen molar-refractivity contribution in [1.82, 2.24) is 9.88 Å². The van der Waals surface area contributed by atoms with Crippen molar-refractivity contribution in [2.45, 2.75) is 0 Å². The third-order valence-electron chi connectivity index (χ3n) is 2.68. The van der Waals surface area contributed by atoms with Crippen molar-refractivity contribution in [1.29, 1.82) is 0 Å². The molecule has 0 unspecified atom stereocenters. The Morgan fingerprint density at radius 1 is 1.33 bits per heavy atom. The lowest BCUT2D eigenvalue weighted by Gasteiger charge is -2.17. The molecule has 3 nitrogen and oxygen atoms in total. The van der Waals surface area contributed by atoms with Crippen molar-refractivity contribution in [3.8, 4) is 0 Å². The third kappa shape index (κ3) is 1.70. The average molecular weight is 203 g/mol. The molecule has 0 atom stereocenters. The highest BCUT2D eigenvalue weighted by molar-refractivity contribution is 5.93. The molecule has 1 aromatic carbocycles. The maximum Gasteiger partial charge on any atom is 0.0677 e. The normalized spacial score (nSPS) is 10.9. The average Bonchev–Trinajstić information content (AvgIpc) is 2.58. The first-order valence-electron chi connectivity index (χ1n) is 5.14. The van der Waals surface area contributed by atoms with Crippen LogP contribution in [0, 0.1) is 0 Å². The van der Waals surface area contributed by atoms with Gasteiger partial charge in [0.15, 0.2) is 0 Å². The van der Waals surface area contributed by atoms with Gasteiger partial charge in [-0.25, -0.2) is 0 Å². The molecule has 2 aromatic rings. The molecule has 1 heterocycles. The largest absolute Gasteiger partial charge is 0.360 e. The van der Waals surface area contributed by atoms with Crippen LogP contribution in [0.1, 0.15) is 0 Å². The molecule has 2 rings (SSSR count). The fourth-order valence-corrected chi connectivity index (χ4v) is 1.95. The van der Waals surface area contributed by atoms with Crippen LogP contribution in [0.25, 0.3) is 10.9 Å². The Labute approximate surface area is 90.3 Å². The van der Waals surface area contributed by atoms with E-state index in [1.807, 2.05) is 7.05 Å². The van der Waals surface area contributed by atoms with Crippen LogP contribution in [0.5, 0.6) is 0 Å². The molecule has 1 aromatic heterocycles. The fraction of sp³-hybridized carbons (Fsp3) is 0.333. The molecular formula is C12H17N3. The zero-order valence-corrected chi connectivity index (χ0v) is 9.49. The van der Waals surface area contributed by atoms with Gasteiger partial charge in [-0.3, -0.25) is 0 Å². The maximum absolute atomic E-state index is 3.16. The van der Waals surface area contributed by atoms with E-state index in [0.717, 1.165) is 6.67 Å². The number of hydrogen-bond donors (Lipinski definition) is 1. The molecule has 0 spiro atoms. The van der Waals surface area contributed by atoms with Crippen LogP contribution in [0.4, 0.5) is 5.69 Å². The molecule has 80 valence electrons. The number of fused-ring (bicyclic) bond motifs is 1. The standard InChI is InChI=1S/C12H17N3/c1-13-9-15(3)12-8-14(2)11-7-5-4-6-10(11)12/h4-8,13H,9H2,1-3H3. The van der Waals surface area contributed by atoms with Gasteiger partial charge in [-0.15, -0.1) is 0 Å². The van der Waals surface area contributed by atoms with Crippen LogP contribution in [0.2, 0.25) is 0 Å². The molecule has 3 heteroatoms. The number of nitrogens with one attached hydrogen (secondary N) is 1. The smallest absolute Gasteiger partial charge is 0.0677 e. The van der Waals surface area contributed by atoms with Crippen molar-refractivity contribution >= 4 is 16.6 Å². The summed E-state index contributed by atoms with van der Waals surface area (Å²) in [4.78, 5) is 2.21. The quantitative estimate of drug-likeness (QED) is 0.767. The van der Waals surface area contributed by atoms with Crippen LogP contribution in [-0.4, -0.2) is 25.3 Å². The van der Waals surface area contributed by atoms with E-state index in [1.54, 1.807) is 0 Å². The monoisotopic (exact) mass is 203 g/mol. The number of rotatable bonds is 3. The van der Waals surface area contributed by atoms with Gasteiger partial charge >= 0.3 is 0 Å². The lowest BCUT2D eigenvalue weighted by atomic mass is 10.2. The van der Waals surface area contributed by atoms with Gasteiger partial charge < -0.3 is 14.8 Å². The first-order chi connectivity index (χ1) is 7.24. The summed E-state index contributed by atoms with van der Waals surface area (Å²) in [6.07, 6.45) is 2.17. The van der Waals surface area contributed by atoms with Crippen LogP contribution < -0.4 is 10.2 Å². The summed E-state index contributed by atoms with van der Waals surface area (Å²) in [5, 5.41) is 4.46. The number of hydrogen-bond acceptors (Lipinski definition) is 2. The number of para-hydroxylation sites is 1. The molecule has 0 radical (unpaired) electrons. The van der Waals surface area contributed by atoms with Gasteiger partial charge in [0.25, 0.3) is 0 Å². The Morgan fingerprint density at radius 2 is 2.07 bits per heavy atom. The van der Waals surface area contributed by atoms with Gasteiger partial charge in [-0.1, -0.05) is 18.2 Å². The Bertz CT molecular complexity index is 459. The minimum Gasteiger partial charge on any atom is -0.360 e. The second-order valence-corrected chi connectivity index (χ2v) is 3.85. The van der Waals surface area contributed by atoms with Gasteiger partial charge in [0, 0.05) is 31.2 Å². The summed E-state index contributed by atoms with van der Waals surface area (Å²) >= 11 is 0. The molecule has 0 aliphatic carbocycles. The highest BCUT2D eigenvalue weighted by Gasteiger charge is 2.08. The lowest BCUT2D eigenvalue weighted by molar-refractivity contribution is 0.776. The highest BCUT2D eigenvalue weighted by atomic mass is 15.2. The van der Waals surface area contributed by atoms with E-state index in [0.29, 0.717) is 0 Å². The van der Waals surface area contributed by atoms with Crippen molar-refractivity contribution in [3.05, 3.63) is 30.5 Å². The predicted molar refractivity (Wildman–Crippen MR) is 65.2 cm³/mol. The zero-order valence-electron chi connectivity index (χ0n) is 9.49. The van der Waals surface area contributed by atoms with Gasteiger partial charge in [0.1, 0.15) is 0 Å². The van der Waals surface area contributed by atoms with Crippen molar-refractivity contribution in [3.63, 3.8) is 0 Å². The van der Waals surface area contributed by atoms with Crippen LogP contribution in [-0.2, 0) is 7.05 Å². The minimum absolute atomic E-state index is 0.855. The van der Waals surface area contributed by atoms with E-state index >= 15 is 0 Å². The summed E-state index contributed by atoms with van der Waals surface area (Å²) in [7, 11) is 6.14. The minimum atomic E-state index is 0.855. The van der Waals surface area contributed by atoms with Gasteiger partial charge in [-0.05, 0) is 13.1 Å². The molecule has 0 saturated heterocycles. The third-order valence-corrected chi connectivity index (χ3v) is 2.68. The van der Waals surface area contributed by atoms with Gasteiger partial charge in [0.2, 0.25) is 0 Å². The summed E-state index contributed by atoms with van der Waals surface area (Å²) in [6, 6.07) is 8.46. The lowest BCUT2D eigenvalue weighted by Crippen LogP contribution is -2.27. The van der Waals surface area contributed by atoms with E-state index in [9.17, 15) is 0 Å². The van der Waals surface area contributed by atoms with Crippen LogP contribution in [0.15, 0.2) is 30.5 Å². The van der Waals surface area contributed by atoms with E-state index in [4.69, 9.17) is 0 Å². The molecule has 0 bridgehead atoms. The van der Waals surface area contributed by atoms with Crippen molar-refractivity contribution in [2.24, 2.45) is 7.05 Å². The van der Waals surface area contributed by atoms with E-state index < -0.39 is 0 Å². The second kappa shape index (κ2) is 3.95. The molecule has 0 aliphatic heterocycles. The van der Waals surface area contributed by atoms with Gasteiger partial charge in [0.05, 0.1) is 12.4 Å². The van der Waals surface area contributed by atoms with E-state index in [2.05, 4.69) is 59.3 Å². The molecule has 0 aliphatic rings. The molecular weight excluding hydrogens is 186 g/mol. The summed E-state index contributed by atoms with van der Waals surface area (Å²) in [6.45, 7) is 0.855. The number of aryl methyl sites for hydroxylation is 1. The topological polar surface area (TPSA) is 20.2 Å². The molecule has 1 N–H and O–H groups in total. The Hall–Kier alpha value is -1.48. The van der Waals surface area contributed by atoms with E-state index in [-0.39, 0.29) is 0 Å².